The number of hydrazine groups is 1. The van der Waals surface area contributed by atoms with Crippen LogP contribution in [0.2, 0.25) is 0 Å². The van der Waals surface area contributed by atoms with Crippen molar-refractivity contribution in [2.75, 3.05) is 5.43 Å². The lowest BCUT2D eigenvalue weighted by molar-refractivity contribution is 0.617. The minimum absolute atomic E-state index is 0.0648. The molecule has 3 N–H and O–H groups in total. The van der Waals surface area contributed by atoms with Crippen molar-refractivity contribution < 1.29 is 8.78 Å². The highest BCUT2D eigenvalue weighted by atomic mass is 19.1. The lowest BCUT2D eigenvalue weighted by atomic mass is 10.1. The van der Waals surface area contributed by atoms with Gasteiger partial charge < -0.3 is 5.43 Å². The van der Waals surface area contributed by atoms with Crippen LogP contribution in [0.3, 0.4) is 0 Å². The Labute approximate surface area is 78.5 Å². The number of rotatable bonds is 1. The molecule has 1 heterocycles. The maximum absolute atomic E-state index is 13.3. The molecule has 5 heteroatoms. The zero-order chi connectivity index (χ0) is 10.1. The second kappa shape index (κ2) is 3.19. The van der Waals surface area contributed by atoms with Gasteiger partial charge in [-0.05, 0) is 18.2 Å². The Bertz CT molecular complexity index is 485. The summed E-state index contributed by atoms with van der Waals surface area (Å²) in [6.45, 7) is 0. The van der Waals surface area contributed by atoms with E-state index < -0.39 is 11.6 Å². The van der Waals surface area contributed by atoms with Gasteiger partial charge in [-0.2, -0.15) is 0 Å². The normalized spacial score (nSPS) is 10.5. The standard InChI is InChI=1S/C9H7F2N3/c10-6-1-2-7(11)8-5(6)3-4-13-9(8)14-12/h1-4H,12H2,(H,13,14). The number of benzene rings is 1. The fraction of sp³-hybridized carbons (Fsp3) is 0. The molecule has 0 atom stereocenters. The summed E-state index contributed by atoms with van der Waals surface area (Å²) in [4.78, 5) is 3.78. The van der Waals surface area contributed by atoms with E-state index in [9.17, 15) is 8.78 Å². The van der Waals surface area contributed by atoms with Gasteiger partial charge in [0.25, 0.3) is 0 Å². The third kappa shape index (κ3) is 1.18. The van der Waals surface area contributed by atoms with E-state index in [4.69, 9.17) is 5.84 Å². The van der Waals surface area contributed by atoms with Crippen LogP contribution in [0.15, 0.2) is 24.4 Å². The van der Waals surface area contributed by atoms with Gasteiger partial charge in [-0.15, -0.1) is 0 Å². The minimum Gasteiger partial charge on any atom is -0.308 e. The third-order valence-electron chi connectivity index (χ3n) is 1.96. The minimum atomic E-state index is -0.553. The highest BCUT2D eigenvalue weighted by molar-refractivity contribution is 5.92. The predicted molar refractivity (Wildman–Crippen MR) is 49.5 cm³/mol. The van der Waals surface area contributed by atoms with Crippen molar-refractivity contribution in [1.29, 1.82) is 0 Å². The van der Waals surface area contributed by atoms with E-state index >= 15 is 0 Å². The van der Waals surface area contributed by atoms with Gasteiger partial charge >= 0.3 is 0 Å². The van der Waals surface area contributed by atoms with Crippen LogP contribution in [0, 0.1) is 11.6 Å². The van der Waals surface area contributed by atoms with Crippen molar-refractivity contribution in [2.45, 2.75) is 0 Å². The Kier molecular flexibility index (Phi) is 2.01. The molecule has 0 fully saturated rings. The Hall–Kier alpha value is -1.75. The number of fused-ring (bicyclic) bond motifs is 1. The van der Waals surface area contributed by atoms with Crippen molar-refractivity contribution in [3.8, 4) is 0 Å². The molecule has 1 aromatic heterocycles. The smallest absolute Gasteiger partial charge is 0.150 e. The molecule has 0 radical (unpaired) electrons. The lowest BCUT2D eigenvalue weighted by Crippen LogP contribution is -2.09. The number of nitrogens with two attached hydrogens (primary N) is 1. The molecule has 14 heavy (non-hydrogen) atoms. The van der Waals surface area contributed by atoms with Gasteiger partial charge in [0, 0.05) is 11.6 Å². The van der Waals surface area contributed by atoms with E-state index in [1.807, 2.05) is 0 Å². The summed E-state index contributed by atoms with van der Waals surface area (Å²) in [5.41, 5.74) is 2.22. The van der Waals surface area contributed by atoms with E-state index in [1.165, 1.54) is 12.3 Å². The van der Waals surface area contributed by atoms with Crippen LogP contribution >= 0.6 is 0 Å². The number of nitrogen functional groups attached to an aromatic ring is 1. The van der Waals surface area contributed by atoms with E-state index in [-0.39, 0.29) is 16.6 Å². The van der Waals surface area contributed by atoms with Crippen molar-refractivity contribution in [1.82, 2.24) is 4.98 Å². The molecule has 0 spiro atoms. The van der Waals surface area contributed by atoms with Gasteiger partial charge in [0.05, 0.1) is 5.39 Å². The summed E-state index contributed by atoms with van der Waals surface area (Å²) in [5, 5.41) is 0.225. The number of halogens is 2. The number of pyridine rings is 1. The number of hydrogen-bond acceptors (Lipinski definition) is 3. The predicted octanol–water partition coefficient (Wildman–Crippen LogP) is 1.80. The van der Waals surface area contributed by atoms with E-state index in [1.54, 1.807) is 0 Å². The monoisotopic (exact) mass is 195 g/mol. The number of nitrogens with one attached hydrogen (secondary N) is 1. The Morgan fingerprint density at radius 1 is 1.14 bits per heavy atom. The van der Waals surface area contributed by atoms with E-state index in [0.29, 0.717) is 0 Å². The molecule has 0 aliphatic heterocycles. The van der Waals surface area contributed by atoms with Gasteiger partial charge in [0.2, 0.25) is 0 Å². The summed E-state index contributed by atoms with van der Waals surface area (Å²) in [6.07, 6.45) is 1.36. The van der Waals surface area contributed by atoms with Crippen LogP contribution in [0.1, 0.15) is 0 Å². The van der Waals surface area contributed by atoms with Crippen molar-refractivity contribution in [2.24, 2.45) is 5.84 Å². The van der Waals surface area contributed by atoms with Crippen LogP contribution < -0.4 is 11.3 Å². The number of nitrogens with zero attached hydrogens (tertiary/aromatic N) is 1. The Balaban J connectivity index is 2.92. The first-order chi connectivity index (χ1) is 6.74. The molecule has 3 nitrogen and oxygen atoms in total. The first-order valence-corrected chi connectivity index (χ1v) is 3.93. The van der Waals surface area contributed by atoms with Crippen LogP contribution in [0.5, 0.6) is 0 Å². The van der Waals surface area contributed by atoms with Gasteiger partial charge in [-0.25, -0.2) is 19.6 Å². The fourth-order valence-electron chi connectivity index (χ4n) is 1.33. The van der Waals surface area contributed by atoms with Gasteiger partial charge in [0.15, 0.2) is 5.82 Å². The maximum Gasteiger partial charge on any atom is 0.150 e. The molecular weight excluding hydrogens is 188 g/mol. The van der Waals surface area contributed by atoms with Gasteiger partial charge in [-0.1, -0.05) is 0 Å². The summed E-state index contributed by atoms with van der Waals surface area (Å²) < 4.78 is 26.5. The molecule has 1 aromatic carbocycles. The molecule has 0 saturated heterocycles. The molecule has 0 aliphatic rings. The van der Waals surface area contributed by atoms with Crippen molar-refractivity contribution in [3.05, 3.63) is 36.0 Å². The maximum atomic E-state index is 13.3. The summed E-state index contributed by atoms with van der Waals surface area (Å²) in [7, 11) is 0. The molecule has 2 rings (SSSR count). The average molecular weight is 195 g/mol. The molecule has 0 saturated carbocycles. The van der Waals surface area contributed by atoms with E-state index in [0.717, 1.165) is 12.1 Å². The lowest BCUT2D eigenvalue weighted by Gasteiger charge is -2.05. The number of aromatic nitrogens is 1. The average Bonchev–Trinajstić information content (AvgIpc) is 2.23. The first-order valence-electron chi connectivity index (χ1n) is 3.93. The molecule has 0 bridgehead atoms. The highest BCUT2D eigenvalue weighted by Gasteiger charge is 2.09. The second-order valence-corrected chi connectivity index (χ2v) is 2.76. The molecular formula is C9H7F2N3. The molecule has 72 valence electrons. The fourth-order valence-corrected chi connectivity index (χ4v) is 1.33. The summed E-state index contributed by atoms with van der Waals surface area (Å²) in [5.74, 6) is 4.20. The third-order valence-corrected chi connectivity index (χ3v) is 1.96. The van der Waals surface area contributed by atoms with E-state index in [2.05, 4.69) is 10.4 Å². The van der Waals surface area contributed by atoms with Crippen LogP contribution in [-0.4, -0.2) is 4.98 Å². The summed E-state index contributed by atoms with van der Waals surface area (Å²) in [6, 6.07) is 3.51. The highest BCUT2D eigenvalue weighted by Crippen LogP contribution is 2.25. The number of anilines is 1. The first kappa shape index (κ1) is 8.83. The summed E-state index contributed by atoms with van der Waals surface area (Å²) >= 11 is 0. The van der Waals surface area contributed by atoms with Crippen LogP contribution in [0.25, 0.3) is 10.8 Å². The molecule has 0 unspecified atom stereocenters. The molecule has 2 aromatic rings. The van der Waals surface area contributed by atoms with Crippen LogP contribution in [0.4, 0.5) is 14.6 Å². The second-order valence-electron chi connectivity index (χ2n) is 2.76. The molecule has 0 amide bonds. The van der Waals surface area contributed by atoms with Gasteiger partial charge in [-0.3, -0.25) is 0 Å². The van der Waals surface area contributed by atoms with Crippen molar-refractivity contribution in [3.63, 3.8) is 0 Å². The zero-order valence-electron chi connectivity index (χ0n) is 7.09. The topological polar surface area (TPSA) is 50.9 Å². The molecule has 0 aliphatic carbocycles. The number of hydrogen-bond donors (Lipinski definition) is 2. The zero-order valence-corrected chi connectivity index (χ0v) is 7.09. The van der Waals surface area contributed by atoms with Crippen LogP contribution in [-0.2, 0) is 0 Å². The largest absolute Gasteiger partial charge is 0.308 e. The Morgan fingerprint density at radius 2 is 1.86 bits per heavy atom. The SMILES string of the molecule is NNc1nccc2c(F)ccc(F)c12. The quantitative estimate of drug-likeness (QED) is 0.538. The van der Waals surface area contributed by atoms with Crippen molar-refractivity contribution >= 4 is 16.6 Å². The Morgan fingerprint density at radius 3 is 2.57 bits per heavy atom. The van der Waals surface area contributed by atoms with Gasteiger partial charge in [0.1, 0.15) is 11.6 Å².